The molecule has 40 heavy (non-hydrogen) atoms. The van der Waals surface area contributed by atoms with Gasteiger partial charge in [0.25, 0.3) is 21.3 Å². The van der Waals surface area contributed by atoms with Crippen molar-refractivity contribution in [3.63, 3.8) is 0 Å². The van der Waals surface area contributed by atoms with Crippen molar-refractivity contribution >= 4 is 38.3 Å². The highest BCUT2D eigenvalue weighted by Gasteiger charge is 2.32. The first-order chi connectivity index (χ1) is 18.9. The highest BCUT2D eigenvalue weighted by molar-refractivity contribution is 7.90. The van der Waals surface area contributed by atoms with Gasteiger partial charge < -0.3 is 5.32 Å². The van der Waals surface area contributed by atoms with Crippen LogP contribution in [0.5, 0.6) is 0 Å². The fourth-order valence-electron chi connectivity index (χ4n) is 4.86. The van der Waals surface area contributed by atoms with Crippen molar-refractivity contribution in [3.8, 4) is 5.69 Å². The quantitative estimate of drug-likeness (QED) is 0.314. The lowest BCUT2D eigenvalue weighted by Gasteiger charge is -2.22. The van der Waals surface area contributed by atoms with E-state index in [1.165, 1.54) is 48.4 Å². The summed E-state index contributed by atoms with van der Waals surface area (Å²) < 4.78 is 47.6. The van der Waals surface area contributed by atoms with Crippen molar-refractivity contribution in [3.05, 3.63) is 90.1 Å². The van der Waals surface area contributed by atoms with Gasteiger partial charge in [-0.1, -0.05) is 12.1 Å². The van der Waals surface area contributed by atoms with Gasteiger partial charge in [0.1, 0.15) is 17.0 Å². The number of aromatic nitrogens is 3. The summed E-state index contributed by atoms with van der Waals surface area (Å²) in [5.74, 6) is -0.538. The Hall–Kier alpha value is -4.23. The molecule has 0 amide bonds. The summed E-state index contributed by atoms with van der Waals surface area (Å²) in [5, 5.41) is 2.96. The zero-order valence-corrected chi connectivity index (χ0v) is 23.4. The van der Waals surface area contributed by atoms with Crippen LogP contribution in [0.1, 0.15) is 35.6 Å². The molecule has 0 saturated heterocycles. The third-order valence-corrected chi connectivity index (χ3v) is 8.22. The number of aryl methyl sites for hydroxylation is 2. The van der Waals surface area contributed by atoms with Crippen LogP contribution in [0.25, 0.3) is 16.6 Å². The fourth-order valence-corrected chi connectivity index (χ4v) is 5.47. The molecule has 1 aliphatic carbocycles. The first kappa shape index (κ1) is 27.3. The Kier molecular flexibility index (Phi) is 6.66. The largest absolute Gasteiger partial charge is 0.338 e. The lowest BCUT2D eigenvalue weighted by atomic mass is 10.1. The number of halogens is 1. The van der Waals surface area contributed by atoms with E-state index in [1.54, 1.807) is 32.0 Å². The van der Waals surface area contributed by atoms with Crippen LogP contribution in [0.3, 0.4) is 0 Å². The molecule has 0 bridgehead atoms. The Bertz CT molecular complexity index is 1990. The standard InChI is InChI=1S/C27H29FN6O5S/c1-14-9-12-20(18(28)13-14)30-24-22-23(16(3)25(35)32(24)5)34(27(37)33(26(22)36)17-10-11-17)21-8-6-7-19(15(21)2)31-40(38,39)29-4/h6-9,12-13,17,29-31H,10-11H2,1-5H3. The van der Waals surface area contributed by atoms with E-state index < -0.39 is 32.8 Å². The SMILES string of the molecule is CNS(=O)(=O)Nc1cccc(-n2c(=O)n(C3CC3)c(=O)c3c(Nc4ccc(C)cc4F)n(C)c(=O)c(C)c32)c1C. The maximum Gasteiger partial charge on any atom is 0.336 e. The third kappa shape index (κ3) is 4.50. The van der Waals surface area contributed by atoms with Crippen LogP contribution in [0, 0.1) is 26.6 Å². The van der Waals surface area contributed by atoms with E-state index in [0.717, 1.165) is 4.57 Å². The molecule has 13 heteroatoms. The number of fused-ring (bicyclic) bond motifs is 1. The summed E-state index contributed by atoms with van der Waals surface area (Å²) in [7, 11) is -1.15. The lowest BCUT2D eigenvalue weighted by Crippen LogP contribution is -2.41. The number of rotatable bonds is 7. The number of nitrogens with zero attached hydrogens (tertiary/aromatic N) is 3. The molecule has 3 N–H and O–H groups in total. The van der Waals surface area contributed by atoms with Crippen molar-refractivity contribution in [2.75, 3.05) is 17.1 Å². The monoisotopic (exact) mass is 568 g/mol. The van der Waals surface area contributed by atoms with E-state index in [1.807, 2.05) is 0 Å². The molecule has 1 aliphatic rings. The molecule has 5 rings (SSSR count). The van der Waals surface area contributed by atoms with Crippen LogP contribution in [0.4, 0.5) is 21.6 Å². The van der Waals surface area contributed by atoms with E-state index in [2.05, 4.69) is 14.8 Å². The van der Waals surface area contributed by atoms with Gasteiger partial charge in [-0.2, -0.15) is 8.42 Å². The molecule has 11 nitrogen and oxygen atoms in total. The number of hydrogen-bond donors (Lipinski definition) is 3. The van der Waals surface area contributed by atoms with Gasteiger partial charge in [-0.15, -0.1) is 0 Å². The average Bonchev–Trinajstić information content (AvgIpc) is 3.73. The molecular weight excluding hydrogens is 539 g/mol. The summed E-state index contributed by atoms with van der Waals surface area (Å²) in [4.78, 5) is 41.4. The summed E-state index contributed by atoms with van der Waals surface area (Å²) >= 11 is 0. The van der Waals surface area contributed by atoms with Crippen LogP contribution in [0.15, 0.2) is 50.8 Å². The van der Waals surface area contributed by atoms with Crippen LogP contribution in [-0.2, 0) is 17.3 Å². The molecule has 2 aromatic carbocycles. The number of hydrogen-bond acceptors (Lipinski definition) is 6. The molecule has 0 aliphatic heterocycles. The molecule has 4 aromatic rings. The number of anilines is 3. The Labute approximate surface area is 229 Å². The predicted molar refractivity (Wildman–Crippen MR) is 153 cm³/mol. The highest BCUT2D eigenvalue weighted by Crippen LogP contribution is 2.35. The Morgan fingerprint density at radius 2 is 1.65 bits per heavy atom. The molecule has 1 fully saturated rings. The lowest BCUT2D eigenvalue weighted by molar-refractivity contribution is 0.593. The predicted octanol–water partition coefficient (Wildman–Crippen LogP) is 2.87. The van der Waals surface area contributed by atoms with Crippen molar-refractivity contribution < 1.29 is 12.8 Å². The van der Waals surface area contributed by atoms with E-state index in [-0.39, 0.29) is 45.4 Å². The molecule has 0 atom stereocenters. The van der Waals surface area contributed by atoms with E-state index in [0.29, 0.717) is 24.0 Å². The van der Waals surface area contributed by atoms with Crippen molar-refractivity contribution in [2.45, 2.75) is 39.7 Å². The summed E-state index contributed by atoms with van der Waals surface area (Å²) in [5.41, 5.74) is 0.0704. The molecular formula is C27H29FN6O5S. The van der Waals surface area contributed by atoms with E-state index in [4.69, 9.17) is 0 Å². The van der Waals surface area contributed by atoms with Gasteiger partial charge >= 0.3 is 5.69 Å². The molecule has 210 valence electrons. The second-order valence-corrected chi connectivity index (χ2v) is 11.6. The average molecular weight is 569 g/mol. The first-order valence-electron chi connectivity index (χ1n) is 12.6. The minimum atomic E-state index is -3.88. The number of nitrogens with one attached hydrogen (secondary N) is 3. The Balaban J connectivity index is 1.91. The first-order valence-corrected chi connectivity index (χ1v) is 14.1. The molecule has 1 saturated carbocycles. The van der Waals surface area contributed by atoms with Gasteiger partial charge in [-0.05, 0) is 69.0 Å². The van der Waals surface area contributed by atoms with Crippen LogP contribution >= 0.6 is 0 Å². The minimum Gasteiger partial charge on any atom is -0.338 e. The zero-order valence-electron chi connectivity index (χ0n) is 22.6. The third-order valence-electron chi connectivity index (χ3n) is 7.19. The Morgan fingerprint density at radius 1 is 0.950 bits per heavy atom. The van der Waals surface area contributed by atoms with Crippen LogP contribution in [-0.4, -0.2) is 29.2 Å². The van der Waals surface area contributed by atoms with Crippen LogP contribution < -0.4 is 31.6 Å². The van der Waals surface area contributed by atoms with Gasteiger partial charge in [0.2, 0.25) is 0 Å². The summed E-state index contributed by atoms with van der Waals surface area (Å²) in [6, 6.07) is 8.92. The smallest absolute Gasteiger partial charge is 0.336 e. The zero-order chi connectivity index (χ0) is 29.1. The topological polar surface area (TPSA) is 136 Å². The minimum absolute atomic E-state index is 0.0335. The molecule has 0 radical (unpaired) electrons. The second-order valence-electron chi connectivity index (χ2n) is 9.95. The maximum atomic E-state index is 14.9. The van der Waals surface area contributed by atoms with E-state index in [9.17, 15) is 27.2 Å². The van der Waals surface area contributed by atoms with Gasteiger partial charge in [0.05, 0.1) is 22.6 Å². The van der Waals surface area contributed by atoms with Gasteiger partial charge in [0.15, 0.2) is 0 Å². The van der Waals surface area contributed by atoms with Crippen molar-refractivity contribution in [2.24, 2.45) is 7.05 Å². The molecule has 2 aromatic heterocycles. The number of pyridine rings is 1. The molecule has 0 unspecified atom stereocenters. The van der Waals surface area contributed by atoms with Crippen molar-refractivity contribution in [1.82, 2.24) is 18.4 Å². The van der Waals surface area contributed by atoms with Gasteiger partial charge in [0, 0.05) is 25.7 Å². The normalized spacial score (nSPS) is 13.6. The maximum absolute atomic E-state index is 14.9. The van der Waals surface area contributed by atoms with Crippen molar-refractivity contribution in [1.29, 1.82) is 0 Å². The highest BCUT2D eigenvalue weighted by atomic mass is 32.2. The van der Waals surface area contributed by atoms with Gasteiger partial charge in [-0.25, -0.2) is 13.9 Å². The summed E-state index contributed by atoms with van der Waals surface area (Å²) in [6.45, 7) is 4.88. The fraction of sp³-hybridized carbons (Fsp3) is 0.296. The van der Waals surface area contributed by atoms with E-state index >= 15 is 0 Å². The second kappa shape index (κ2) is 9.75. The van der Waals surface area contributed by atoms with Gasteiger partial charge in [-0.3, -0.25) is 28.0 Å². The van der Waals surface area contributed by atoms with Crippen LogP contribution in [0.2, 0.25) is 0 Å². The summed E-state index contributed by atoms with van der Waals surface area (Å²) in [6.07, 6.45) is 1.25. The molecule has 0 spiro atoms. The molecule has 2 heterocycles. The Morgan fingerprint density at radius 3 is 2.27 bits per heavy atom. The number of benzene rings is 2.